The molecule has 0 aromatic heterocycles. The van der Waals surface area contributed by atoms with Crippen LogP contribution in [0.15, 0.2) is 54.6 Å². The highest BCUT2D eigenvalue weighted by Crippen LogP contribution is 2.22. The number of hydrogen-bond acceptors (Lipinski definition) is 1. The third-order valence-electron chi connectivity index (χ3n) is 2.28. The molecule has 2 rings (SSSR count). The molecule has 3 heteroatoms. The van der Waals surface area contributed by atoms with Crippen LogP contribution < -0.4 is 5.73 Å². The highest BCUT2D eigenvalue weighted by molar-refractivity contribution is 5.99. The summed E-state index contributed by atoms with van der Waals surface area (Å²) >= 11 is 0. The Kier molecular flexibility index (Phi) is 4.09. The van der Waals surface area contributed by atoms with Crippen LogP contribution in [0.4, 0.5) is 0 Å². The monoisotopic (exact) mass is 233 g/mol. The van der Waals surface area contributed by atoms with Crippen molar-refractivity contribution >= 4 is 18.3 Å². The molecule has 1 amide bonds. The van der Waals surface area contributed by atoms with Crippen molar-refractivity contribution in [2.75, 3.05) is 0 Å². The quantitative estimate of drug-likeness (QED) is 0.852. The van der Waals surface area contributed by atoms with Gasteiger partial charge < -0.3 is 5.73 Å². The summed E-state index contributed by atoms with van der Waals surface area (Å²) in [6.07, 6.45) is 0. The maximum absolute atomic E-state index is 11.2. The lowest BCUT2D eigenvalue weighted by Gasteiger charge is -2.05. The van der Waals surface area contributed by atoms with Crippen LogP contribution in [-0.2, 0) is 0 Å². The lowest BCUT2D eigenvalue weighted by Crippen LogP contribution is -2.12. The molecule has 0 aliphatic rings. The van der Waals surface area contributed by atoms with E-state index in [9.17, 15) is 4.79 Å². The minimum Gasteiger partial charge on any atom is -0.366 e. The summed E-state index contributed by atoms with van der Waals surface area (Å²) < 4.78 is 0. The Morgan fingerprint density at radius 3 is 2.06 bits per heavy atom. The number of carbonyl (C=O) groups is 1. The standard InChI is InChI=1S/C13H11NO.ClH/c14-13(15)12-9-5-4-8-11(12)10-6-2-1-3-7-10;/h1-9H,(H2,14,15);1H. The fourth-order valence-corrected chi connectivity index (χ4v) is 1.57. The van der Waals surface area contributed by atoms with Gasteiger partial charge in [-0.1, -0.05) is 48.5 Å². The summed E-state index contributed by atoms with van der Waals surface area (Å²) in [7, 11) is 0. The maximum Gasteiger partial charge on any atom is 0.249 e. The van der Waals surface area contributed by atoms with E-state index in [-0.39, 0.29) is 12.4 Å². The fourth-order valence-electron chi connectivity index (χ4n) is 1.57. The molecule has 0 bridgehead atoms. The second kappa shape index (κ2) is 5.33. The molecular weight excluding hydrogens is 222 g/mol. The first-order chi connectivity index (χ1) is 7.29. The zero-order chi connectivity index (χ0) is 10.7. The molecular formula is C13H12ClNO. The van der Waals surface area contributed by atoms with Crippen molar-refractivity contribution in [1.29, 1.82) is 0 Å². The van der Waals surface area contributed by atoms with Gasteiger partial charge in [0.05, 0.1) is 0 Å². The van der Waals surface area contributed by atoms with E-state index in [1.54, 1.807) is 6.07 Å². The number of primary amides is 1. The first-order valence-corrected chi connectivity index (χ1v) is 4.73. The molecule has 0 aliphatic carbocycles. The molecule has 0 saturated heterocycles. The van der Waals surface area contributed by atoms with Gasteiger partial charge in [0.2, 0.25) is 5.91 Å². The first kappa shape index (κ1) is 12.3. The van der Waals surface area contributed by atoms with Gasteiger partial charge in [0.15, 0.2) is 0 Å². The average Bonchev–Trinajstić information content (AvgIpc) is 2.30. The van der Waals surface area contributed by atoms with Crippen LogP contribution in [0.2, 0.25) is 0 Å². The number of carbonyl (C=O) groups excluding carboxylic acids is 1. The third-order valence-corrected chi connectivity index (χ3v) is 2.28. The van der Waals surface area contributed by atoms with Crippen LogP contribution in [0, 0.1) is 0 Å². The van der Waals surface area contributed by atoms with Crippen molar-refractivity contribution in [2.24, 2.45) is 5.73 Å². The Labute approximate surface area is 101 Å². The number of hydrogen-bond donors (Lipinski definition) is 1. The smallest absolute Gasteiger partial charge is 0.249 e. The van der Waals surface area contributed by atoms with Crippen LogP contribution in [0.1, 0.15) is 10.4 Å². The van der Waals surface area contributed by atoms with E-state index in [1.807, 2.05) is 48.5 Å². The normalized spacial score (nSPS) is 9.25. The minimum absolute atomic E-state index is 0. The van der Waals surface area contributed by atoms with E-state index in [2.05, 4.69) is 0 Å². The summed E-state index contributed by atoms with van der Waals surface area (Å²) in [4.78, 5) is 11.2. The number of nitrogens with two attached hydrogens (primary N) is 1. The van der Waals surface area contributed by atoms with Gasteiger partial charge in [0.25, 0.3) is 0 Å². The molecule has 0 radical (unpaired) electrons. The topological polar surface area (TPSA) is 43.1 Å². The van der Waals surface area contributed by atoms with Gasteiger partial charge in [0, 0.05) is 5.56 Å². The van der Waals surface area contributed by atoms with E-state index in [4.69, 9.17) is 5.73 Å². The number of amides is 1. The van der Waals surface area contributed by atoms with Crippen molar-refractivity contribution in [1.82, 2.24) is 0 Å². The second-order valence-corrected chi connectivity index (χ2v) is 3.28. The predicted molar refractivity (Wildman–Crippen MR) is 67.6 cm³/mol. The van der Waals surface area contributed by atoms with E-state index >= 15 is 0 Å². The van der Waals surface area contributed by atoms with Crippen LogP contribution >= 0.6 is 12.4 Å². The molecule has 2 aromatic rings. The van der Waals surface area contributed by atoms with Gasteiger partial charge in [-0.15, -0.1) is 12.4 Å². The van der Waals surface area contributed by atoms with E-state index in [1.165, 1.54) is 0 Å². The zero-order valence-corrected chi connectivity index (χ0v) is 9.41. The predicted octanol–water partition coefficient (Wildman–Crippen LogP) is 2.87. The molecule has 0 unspecified atom stereocenters. The molecule has 2 aromatic carbocycles. The van der Waals surface area contributed by atoms with Crippen LogP contribution in [0.3, 0.4) is 0 Å². The molecule has 2 N–H and O–H groups in total. The molecule has 82 valence electrons. The van der Waals surface area contributed by atoms with Gasteiger partial charge in [-0.2, -0.15) is 0 Å². The Bertz CT molecular complexity index is 482. The van der Waals surface area contributed by atoms with Crippen molar-refractivity contribution in [3.63, 3.8) is 0 Å². The Balaban J connectivity index is 0.00000128. The highest BCUT2D eigenvalue weighted by Gasteiger charge is 2.07. The molecule has 0 saturated carbocycles. The molecule has 0 heterocycles. The minimum atomic E-state index is -0.394. The van der Waals surface area contributed by atoms with Crippen molar-refractivity contribution < 1.29 is 4.79 Å². The van der Waals surface area contributed by atoms with Crippen molar-refractivity contribution in [3.05, 3.63) is 60.2 Å². The number of benzene rings is 2. The lowest BCUT2D eigenvalue weighted by molar-refractivity contribution is 0.100. The Morgan fingerprint density at radius 1 is 0.875 bits per heavy atom. The van der Waals surface area contributed by atoms with Crippen molar-refractivity contribution in [3.8, 4) is 11.1 Å². The average molecular weight is 234 g/mol. The fraction of sp³-hybridized carbons (Fsp3) is 0. The van der Waals surface area contributed by atoms with Gasteiger partial charge in [0.1, 0.15) is 0 Å². The highest BCUT2D eigenvalue weighted by atomic mass is 35.5. The number of rotatable bonds is 2. The second-order valence-electron chi connectivity index (χ2n) is 3.28. The van der Waals surface area contributed by atoms with Crippen LogP contribution in [0.5, 0.6) is 0 Å². The van der Waals surface area contributed by atoms with Gasteiger partial charge >= 0.3 is 0 Å². The molecule has 2 nitrogen and oxygen atoms in total. The summed E-state index contributed by atoms with van der Waals surface area (Å²) in [6.45, 7) is 0. The van der Waals surface area contributed by atoms with E-state index in [0.29, 0.717) is 5.56 Å². The molecule has 0 spiro atoms. The summed E-state index contributed by atoms with van der Waals surface area (Å²) in [5.74, 6) is -0.394. The van der Waals surface area contributed by atoms with Crippen molar-refractivity contribution in [2.45, 2.75) is 0 Å². The lowest BCUT2D eigenvalue weighted by atomic mass is 9.99. The summed E-state index contributed by atoms with van der Waals surface area (Å²) in [6, 6.07) is 17.1. The Morgan fingerprint density at radius 2 is 1.44 bits per heavy atom. The first-order valence-electron chi connectivity index (χ1n) is 4.73. The summed E-state index contributed by atoms with van der Waals surface area (Å²) in [5, 5.41) is 0. The van der Waals surface area contributed by atoms with Gasteiger partial charge in [-0.05, 0) is 17.2 Å². The largest absolute Gasteiger partial charge is 0.366 e. The molecule has 0 fully saturated rings. The third kappa shape index (κ3) is 2.41. The van der Waals surface area contributed by atoms with Crippen LogP contribution in [-0.4, -0.2) is 5.91 Å². The van der Waals surface area contributed by atoms with E-state index in [0.717, 1.165) is 11.1 Å². The zero-order valence-electron chi connectivity index (χ0n) is 8.59. The van der Waals surface area contributed by atoms with E-state index < -0.39 is 5.91 Å². The molecule has 16 heavy (non-hydrogen) atoms. The van der Waals surface area contributed by atoms with Crippen LogP contribution in [0.25, 0.3) is 11.1 Å². The SMILES string of the molecule is Cl.NC(=O)c1ccccc1-c1ccccc1. The molecule has 0 aliphatic heterocycles. The Hall–Kier alpha value is -1.80. The molecule has 0 atom stereocenters. The van der Waals surface area contributed by atoms with Gasteiger partial charge in [-0.25, -0.2) is 0 Å². The summed E-state index contributed by atoms with van der Waals surface area (Å²) in [5.41, 5.74) is 7.76. The van der Waals surface area contributed by atoms with Gasteiger partial charge in [-0.3, -0.25) is 4.79 Å². The maximum atomic E-state index is 11.2. The number of halogens is 1.